The summed E-state index contributed by atoms with van der Waals surface area (Å²) in [6.07, 6.45) is 3.65. The van der Waals surface area contributed by atoms with E-state index < -0.39 is 5.97 Å². The zero-order chi connectivity index (χ0) is 32.8. The minimum Gasteiger partial charge on any atom is -0.492 e. The first-order valence-electron chi connectivity index (χ1n) is 15.1. The Morgan fingerprint density at radius 1 is 1.02 bits per heavy atom. The fourth-order valence-corrected chi connectivity index (χ4v) is 6.58. The Balaban J connectivity index is 1.18. The number of aromatic nitrogens is 1. The Kier molecular flexibility index (Phi) is 10.2. The summed E-state index contributed by atoms with van der Waals surface area (Å²) in [6, 6.07) is 21.8. The summed E-state index contributed by atoms with van der Waals surface area (Å²) in [5.74, 6) is -1.00. The van der Waals surface area contributed by atoms with Crippen LogP contribution in [0.3, 0.4) is 0 Å². The average Bonchev–Trinajstić information content (AvgIpc) is 3.35. The predicted octanol–water partition coefficient (Wildman–Crippen LogP) is 5.54. The van der Waals surface area contributed by atoms with Gasteiger partial charge in [0.05, 0.1) is 29.2 Å². The highest BCUT2D eigenvalue weighted by molar-refractivity contribution is 8.26. The van der Waals surface area contributed by atoms with Gasteiger partial charge in [-0.25, -0.2) is 4.79 Å². The number of thioether (sulfide) groups is 1. The molecule has 0 atom stereocenters. The summed E-state index contributed by atoms with van der Waals surface area (Å²) < 4.78 is 12.1. The smallest absolute Gasteiger partial charge is 0.335 e. The second kappa shape index (κ2) is 14.9. The summed E-state index contributed by atoms with van der Waals surface area (Å²) in [7, 11) is 0. The molecular weight excluding hydrogens is 637 g/mol. The van der Waals surface area contributed by atoms with E-state index in [1.165, 1.54) is 40.9 Å². The van der Waals surface area contributed by atoms with Crippen LogP contribution in [-0.4, -0.2) is 88.0 Å². The molecule has 0 bridgehead atoms. The molecule has 2 aliphatic rings. The normalized spacial score (nSPS) is 16.2. The molecule has 2 fully saturated rings. The standard InChI is InChI=1S/C35H32N4O6S2/c40-32(37-28-8-5-23(6-9-28)34(42)43)11-12-39-33(41)31(47-35(39)46)21-26-19-24(27-20-25-3-1-2-4-29(25)36-22-27)7-10-30(26)45-18-15-38-13-16-44-17-14-38/h1-10,19-22H,11-18H2,(H,37,40)(H,42,43)/b31-21-. The van der Waals surface area contributed by atoms with Gasteiger partial charge in [-0.1, -0.05) is 48.2 Å². The molecule has 2 saturated heterocycles. The van der Waals surface area contributed by atoms with E-state index in [1.54, 1.807) is 6.08 Å². The second-order valence-electron chi connectivity index (χ2n) is 11.0. The minimum atomic E-state index is -1.05. The number of rotatable bonds is 11. The lowest BCUT2D eigenvalue weighted by atomic mass is 10.0. The topological polar surface area (TPSA) is 121 Å². The number of fused-ring (bicyclic) bond motifs is 1. The third kappa shape index (κ3) is 8.03. The predicted molar refractivity (Wildman–Crippen MR) is 186 cm³/mol. The highest BCUT2D eigenvalue weighted by Crippen LogP contribution is 2.36. The van der Waals surface area contributed by atoms with E-state index in [0.29, 0.717) is 40.5 Å². The van der Waals surface area contributed by atoms with Gasteiger partial charge < -0.3 is 19.9 Å². The number of anilines is 1. The molecule has 1 aromatic heterocycles. The number of nitrogens with zero attached hydrogens (tertiary/aromatic N) is 3. The van der Waals surface area contributed by atoms with Gasteiger partial charge in [0.25, 0.3) is 5.91 Å². The van der Waals surface area contributed by atoms with Gasteiger partial charge in [0.2, 0.25) is 5.91 Å². The van der Waals surface area contributed by atoms with E-state index in [4.69, 9.17) is 26.8 Å². The van der Waals surface area contributed by atoms with Gasteiger partial charge in [-0.15, -0.1) is 0 Å². The molecule has 4 aromatic rings. The number of amides is 2. The highest BCUT2D eigenvalue weighted by Gasteiger charge is 2.32. The number of morpholine rings is 1. The lowest BCUT2D eigenvalue weighted by Gasteiger charge is -2.26. The van der Waals surface area contributed by atoms with Gasteiger partial charge in [0.1, 0.15) is 16.7 Å². The van der Waals surface area contributed by atoms with Crippen molar-refractivity contribution in [1.29, 1.82) is 0 Å². The molecule has 0 unspecified atom stereocenters. The number of carbonyl (C=O) groups is 3. The zero-order valence-corrected chi connectivity index (χ0v) is 27.0. The molecule has 10 nitrogen and oxygen atoms in total. The van der Waals surface area contributed by atoms with Gasteiger partial charge in [0, 0.05) is 61.0 Å². The van der Waals surface area contributed by atoms with Crippen LogP contribution in [0.4, 0.5) is 5.69 Å². The maximum absolute atomic E-state index is 13.5. The van der Waals surface area contributed by atoms with Crippen LogP contribution < -0.4 is 10.1 Å². The van der Waals surface area contributed by atoms with Crippen molar-refractivity contribution < 1.29 is 29.0 Å². The molecular formula is C35H32N4O6S2. The van der Waals surface area contributed by atoms with Crippen molar-refractivity contribution in [2.75, 3.05) is 51.3 Å². The second-order valence-corrected chi connectivity index (χ2v) is 12.7. The van der Waals surface area contributed by atoms with E-state index in [0.717, 1.165) is 47.2 Å². The minimum absolute atomic E-state index is 0.0146. The molecule has 0 saturated carbocycles. The first kappa shape index (κ1) is 32.3. The van der Waals surface area contributed by atoms with E-state index in [1.807, 2.05) is 48.7 Å². The van der Waals surface area contributed by atoms with Crippen LogP contribution in [0.1, 0.15) is 22.3 Å². The fourth-order valence-electron chi connectivity index (χ4n) is 5.28. The van der Waals surface area contributed by atoms with E-state index in [2.05, 4.69) is 21.3 Å². The Morgan fingerprint density at radius 3 is 2.60 bits per heavy atom. The number of carboxylic acids is 1. The molecule has 12 heteroatoms. The number of aromatic carboxylic acids is 1. The number of hydrogen-bond acceptors (Lipinski definition) is 9. The van der Waals surface area contributed by atoms with Crippen LogP contribution in [0.25, 0.3) is 28.1 Å². The lowest BCUT2D eigenvalue weighted by molar-refractivity contribution is -0.122. The Labute approximate surface area is 281 Å². The molecule has 6 rings (SSSR count). The number of hydrogen-bond donors (Lipinski definition) is 2. The number of ether oxygens (including phenoxy) is 2. The molecule has 2 amide bonds. The van der Waals surface area contributed by atoms with E-state index >= 15 is 0 Å². The summed E-state index contributed by atoms with van der Waals surface area (Å²) >= 11 is 6.73. The van der Waals surface area contributed by atoms with Crippen LogP contribution in [0.2, 0.25) is 0 Å². The SMILES string of the molecule is O=C(CCN1C(=O)/C(=C/c2cc(-c3cnc4ccccc4c3)ccc2OCCN2CCOCC2)SC1=S)Nc1ccc(C(=O)O)cc1. The molecule has 3 aromatic carbocycles. The summed E-state index contributed by atoms with van der Waals surface area (Å²) in [5, 5.41) is 12.8. The van der Waals surface area contributed by atoms with Crippen LogP contribution >= 0.6 is 24.0 Å². The molecule has 2 aliphatic heterocycles. The van der Waals surface area contributed by atoms with Gasteiger partial charge >= 0.3 is 5.97 Å². The van der Waals surface area contributed by atoms with Crippen molar-refractivity contribution in [2.45, 2.75) is 6.42 Å². The average molecular weight is 669 g/mol. The number of carbonyl (C=O) groups excluding carboxylic acids is 2. The molecule has 3 heterocycles. The molecule has 0 aliphatic carbocycles. The highest BCUT2D eigenvalue weighted by atomic mass is 32.2. The third-order valence-electron chi connectivity index (χ3n) is 7.84. The molecule has 0 spiro atoms. The number of carboxylic acid groups (broad SMARTS) is 1. The summed E-state index contributed by atoms with van der Waals surface area (Å²) in [4.78, 5) is 46.0. The van der Waals surface area contributed by atoms with E-state index in [-0.39, 0.29) is 30.3 Å². The number of pyridine rings is 1. The van der Waals surface area contributed by atoms with Crippen LogP contribution in [-0.2, 0) is 14.3 Å². The first-order valence-corrected chi connectivity index (χ1v) is 16.4. The number of para-hydroxylation sites is 1. The van der Waals surface area contributed by atoms with E-state index in [9.17, 15) is 14.4 Å². The molecule has 240 valence electrons. The fraction of sp³-hybridized carbons (Fsp3) is 0.229. The lowest BCUT2D eigenvalue weighted by Crippen LogP contribution is -2.38. The van der Waals surface area contributed by atoms with Crippen molar-refractivity contribution in [3.63, 3.8) is 0 Å². The zero-order valence-electron chi connectivity index (χ0n) is 25.4. The maximum atomic E-state index is 13.5. The van der Waals surface area contributed by atoms with Crippen molar-refractivity contribution in [1.82, 2.24) is 14.8 Å². The Morgan fingerprint density at radius 2 is 1.81 bits per heavy atom. The summed E-state index contributed by atoms with van der Waals surface area (Å²) in [5.41, 5.74) is 4.10. The Hall–Kier alpha value is -4.62. The van der Waals surface area contributed by atoms with Gasteiger partial charge in [-0.05, 0) is 60.2 Å². The van der Waals surface area contributed by atoms with Crippen LogP contribution in [0, 0.1) is 0 Å². The van der Waals surface area contributed by atoms with Crippen LogP contribution in [0.15, 0.2) is 83.9 Å². The quantitative estimate of drug-likeness (QED) is 0.156. The number of nitrogens with one attached hydrogen (secondary N) is 1. The van der Waals surface area contributed by atoms with Crippen molar-refractivity contribution >= 4 is 68.8 Å². The number of thiocarbonyl (C=S) groups is 1. The largest absolute Gasteiger partial charge is 0.492 e. The van der Waals surface area contributed by atoms with Gasteiger partial charge in [-0.2, -0.15) is 0 Å². The number of benzene rings is 3. The van der Waals surface area contributed by atoms with Gasteiger partial charge in [-0.3, -0.25) is 24.4 Å². The molecule has 47 heavy (non-hydrogen) atoms. The third-order valence-corrected chi connectivity index (χ3v) is 9.22. The first-order chi connectivity index (χ1) is 22.8. The van der Waals surface area contributed by atoms with Crippen LogP contribution in [0.5, 0.6) is 5.75 Å². The van der Waals surface area contributed by atoms with Crippen molar-refractivity contribution in [3.8, 4) is 16.9 Å². The van der Waals surface area contributed by atoms with Crippen molar-refractivity contribution in [3.05, 3.63) is 95.0 Å². The molecule has 2 N–H and O–H groups in total. The molecule has 0 radical (unpaired) electrons. The van der Waals surface area contributed by atoms with Gasteiger partial charge in [0.15, 0.2) is 0 Å². The summed E-state index contributed by atoms with van der Waals surface area (Å²) in [6.45, 7) is 4.49. The monoisotopic (exact) mass is 668 g/mol. The maximum Gasteiger partial charge on any atom is 0.335 e. The van der Waals surface area contributed by atoms with Crippen molar-refractivity contribution in [2.24, 2.45) is 0 Å². The Bertz CT molecular complexity index is 1860.